The number of hydrogen-bond donors (Lipinski definition) is 1. The molecule has 2 heterocycles. The van der Waals surface area contributed by atoms with Crippen molar-refractivity contribution in [1.29, 1.82) is 0 Å². The van der Waals surface area contributed by atoms with Crippen LogP contribution in [0.5, 0.6) is 0 Å². The van der Waals surface area contributed by atoms with Gasteiger partial charge in [-0.15, -0.1) is 0 Å². The summed E-state index contributed by atoms with van der Waals surface area (Å²) in [4.78, 5) is 2.60. The van der Waals surface area contributed by atoms with E-state index in [1.165, 1.54) is 34.9 Å². The van der Waals surface area contributed by atoms with Crippen LogP contribution >= 0.6 is 0 Å². The van der Waals surface area contributed by atoms with E-state index in [0.717, 1.165) is 38.2 Å². The first-order valence-corrected chi connectivity index (χ1v) is 8.26. The van der Waals surface area contributed by atoms with E-state index in [1.807, 2.05) is 6.20 Å². The number of H-pyrrole nitrogens is 1. The lowest BCUT2D eigenvalue weighted by Gasteiger charge is -2.36. The maximum atomic E-state index is 5.46. The lowest BCUT2D eigenvalue weighted by atomic mass is 9.87. The molecule has 0 spiro atoms. The highest BCUT2D eigenvalue weighted by atomic mass is 16.5. The van der Waals surface area contributed by atoms with Crippen molar-refractivity contribution >= 4 is 16.5 Å². The Balaban J connectivity index is 1.55. The second kappa shape index (κ2) is 5.86. The molecule has 0 amide bonds. The Bertz CT molecular complexity index is 697. The Morgan fingerprint density at radius 3 is 2.91 bits per heavy atom. The fraction of sp³-hybridized carbons (Fsp3) is 0.500. The van der Waals surface area contributed by atoms with Crippen molar-refractivity contribution in [3.05, 3.63) is 35.5 Å². The van der Waals surface area contributed by atoms with Gasteiger partial charge in [-0.1, -0.05) is 6.08 Å². The number of ether oxygens (including phenoxy) is 1. The molecule has 1 aromatic heterocycles. The van der Waals surface area contributed by atoms with Crippen LogP contribution in [-0.2, 0) is 4.74 Å². The average molecular weight is 297 g/mol. The fourth-order valence-electron chi connectivity index (χ4n) is 3.79. The van der Waals surface area contributed by atoms with Crippen LogP contribution in [0.2, 0.25) is 0 Å². The standard InChI is InChI=1S/C18H23N3O/c1-13-10-15-12-19-20-18(15)11-17(13)14-2-4-16(5-3-14)21-6-8-22-9-7-21/h2,10-12,16H,3-9H2,1H3,(H,19,20). The van der Waals surface area contributed by atoms with Crippen LogP contribution in [0.3, 0.4) is 0 Å². The number of benzene rings is 1. The normalized spacial score (nSPS) is 23.7. The SMILES string of the molecule is Cc1cc2cn[nH]c2cc1C1=CCC(N2CCOCC2)CC1. The van der Waals surface area contributed by atoms with Crippen LogP contribution < -0.4 is 0 Å². The van der Waals surface area contributed by atoms with E-state index in [0.29, 0.717) is 6.04 Å². The Kier molecular flexibility index (Phi) is 3.72. The topological polar surface area (TPSA) is 41.2 Å². The minimum Gasteiger partial charge on any atom is -0.379 e. The summed E-state index contributed by atoms with van der Waals surface area (Å²) in [6.07, 6.45) is 7.94. The molecule has 1 N–H and O–H groups in total. The molecule has 0 saturated carbocycles. The number of aryl methyl sites for hydroxylation is 1. The Morgan fingerprint density at radius 2 is 2.14 bits per heavy atom. The lowest BCUT2D eigenvalue weighted by Crippen LogP contribution is -2.43. The summed E-state index contributed by atoms with van der Waals surface area (Å²) in [7, 11) is 0. The van der Waals surface area contributed by atoms with Crippen molar-refractivity contribution in [2.24, 2.45) is 0 Å². The zero-order valence-electron chi connectivity index (χ0n) is 13.1. The molecule has 4 heteroatoms. The highest BCUT2D eigenvalue weighted by Crippen LogP contribution is 2.32. The molecule has 1 aliphatic carbocycles. The van der Waals surface area contributed by atoms with Crippen molar-refractivity contribution in [3.8, 4) is 0 Å². The first-order valence-electron chi connectivity index (χ1n) is 8.26. The first-order chi connectivity index (χ1) is 10.8. The van der Waals surface area contributed by atoms with Crippen molar-refractivity contribution in [1.82, 2.24) is 15.1 Å². The molecular weight excluding hydrogens is 274 g/mol. The predicted molar refractivity (Wildman–Crippen MR) is 88.8 cm³/mol. The number of rotatable bonds is 2. The van der Waals surface area contributed by atoms with Crippen LogP contribution in [0.1, 0.15) is 30.4 Å². The molecule has 4 rings (SSSR count). The van der Waals surface area contributed by atoms with Crippen molar-refractivity contribution in [2.75, 3.05) is 26.3 Å². The smallest absolute Gasteiger partial charge is 0.0656 e. The summed E-state index contributed by atoms with van der Waals surface area (Å²) in [6, 6.07) is 5.20. The third-order valence-electron chi connectivity index (χ3n) is 5.08. The van der Waals surface area contributed by atoms with Crippen LogP contribution in [0.4, 0.5) is 0 Å². The molecule has 4 nitrogen and oxygen atoms in total. The van der Waals surface area contributed by atoms with Gasteiger partial charge in [0.1, 0.15) is 0 Å². The molecule has 0 radical (unpaired) electrons. The highest BCUT2D eigenvalue weighted by Gasteiger charge is 2.23. The molecule has 22 heavy (non-hydrogen) atoms. The third kappa shape index (κ3) is 2.57. The molecule has 2 aromatic rings. The van der Waals surface area contributed by atoms with E-state index < -0.39 is 0 Å². The third-order valence-corrected chi connectivity index (χ3v) is 5.08. The number of fused-ring (bicyclic) bond motifs is 1. The van der Waals surface area contributed by atoms with Gasteiger partial charge in [0.05, 0.1) is 24.9 Å². The van der Waals surface area contributed by atoms with Gasteiger partial charge < -0.3 is 4.74 Å². The van der Waals surface area contributed by atoms with E-state index in [9.17, 15) is 0 Å². The summed E-state index contributed by atoms with van der Waals surface area (Å²) >= 11 is 0. The van der Waals surface area contributed by atoms with Crippen molar-refractivity contribution < 1.29 is 4.74 Å². The maximum Gasteiger partial charge on any atom is 0.0656 e. The molecule has 2 aliphatic rings. The summed E-state index contributed by atoms with van der Waals surface area (Å²) in [5.41, 5.74) is 5.37. The van der Waals surface area contributed by atoms with E-state index in [1.54, 1.807) is 0 Å². The molecular formula is C18H23N3O. The lowest BCUT2D eigenvalue weighted by molar-refractivity contribution is 0.0150. The van der Waals surface area contributed by atoms with Crippen molar-refractivity contribution in [2.45, 2.75) is 32.2 Å². The molecule has 1 aromatic carbocycles. The minimum atomic E-state index is 0.698. The number of nitrogens with zero attached hydrogens (tertiary/aromatic N) is 2. The van der Waals surface area contributed by atoms with Crippen LogP contribution in [-0.4, -0.2) is 47.4 Å². The number of nitrogens with one attached hydrogen (secondary N) is 1. The minimum absolute atomic E-state index is 0.698. The van der Waals surface area contributed by atoms with Gasteiger partial charge in [-0.2, -0.15) is 5.10 Å². The molecule has 116 valence electrons. The van der Waals surface area contributed by atoms with Gasteiger partial charge in [0.15, 0.2) is 0 Å². The van der Waals surface area contributed by atoms with Crippen molar-refractivity contribution in [3.63, 3.8) is 0 Å². The number of aromatic nitrogens is 2. The van der Waals surface area contributed by atoms with E-state index in [-0.39, 0.29) is 0 Å². The summed E-state index contributed by atoms with van der Waals surface area (Å²) in [5, 5.41) is 8.42. The average Bonchev–Trinajstić information content (AvgIpc) is 3.02. The van der Waals surface area contributed by atoms with Crippen LogP contribution in [0.15, 0.2) is 24.4 Å². The predicted octanol–water partition coefficient (Wildman–Crippen LogP) is 3.14. The molecule has 0 bridgehead atoms. The summed E-state index contributed by atoms with van der Waals surface area (Å²) < 4.78 is 5.46. The fourth-order valence-corrected chi connectivity index (χ4v) is 3.79. The molecule has 1 aliphatic heterocycles. The van der Waals surface area contributed by atoms with Gasteiger partial charge in [0.25, 0.3) is 0 Å². The van der Waals surface area contributed by atoms with Gasteiger partial charge in [0.2, 0.25) is 0 Å². The molecule has 1 fully saturated rings. The molecule has 1 atom stereocenters. The number of morpholine rings is 1. The van der Waals surface area contributed by atoms with E-state index in [2.05, 4.69) is 40.2 Å². The second-order valence-corrected chi connectivity index (χ2v) is 6.43. The van der Waals surface area contributed by atoms with Gasteiger partial charge in [-0.3, -0.25) is 10.00 Å². The zero-order valence-corrected chi connectivity index (χ0v) is 13.1. The first kappa shape index (κ1) is 14.0. The highest BCUT2D eigenvalue weighted by molar-refractivity contribution is 5.84. The van der Waals surface area contributed by atoms with Crippen LogP contribution in [0.25, 0.3) is 16.5 Å². The van der Waals surface area contributed by atoms with Crippen LogP contribution in [0, 0.1) is 6.92 Å². The monoisotopic (exact) mass is 297 g/mol. The quantitative estimate of drug-likeness (QED) is 0.926. The second-order valence-electron chi connectivity index (χ2n) is 6.43. The Hall–Kier alpha value is -1.65. The summed E-state index contributed by atoms with van der Waals surface area (Å²) in [5.74, 6) is 0. The Labute approximate surface area is 131 Å². The largest absolute Gasteiger partial charge is 0.379 e. The Morgan fingerprint density at radius 1 is 1.27 bits per heavy atom. The summed E-state index contributed by atoms with van der Waals surface area (Å²) in [6.45, 7) is 6.17. The van der Waals surface area contributed by atoms with E-state index in [4.69, 9.17) is 4.74 Å². The van der Waals surface area contributed by atoms with Gasteiger partial charge >= 0.3 is 0 Å². The number of hydrogen-bond acceptors (Lipinski definition) is 3. The van der Waals surface area contributed by atoms with Gasteiger partial charge in [0, 0.05) is 24.5 Å². The maximum absolute atomic E-state index is 5.46. The number of aromatic amines is 1. The molecule has 1 unspecified atom stereocenters. The van der Waals surface area contributed by atoms with Gasteiger partial charge in [-0.25, -0.2) is 0 Å². The zero-order chi connectivity index (χ0) is 14.9. The van der Waals surface area contributed by atoms with E-state index >= 15 is 0 Å². The van der Waals surface area contributed by atoms with Gasteiger partial charge in [-0.05, 0) is 55.0 Å². The number of allylic oxidation sites excluding steroid dienone is 1. The molecule has 1 saturated heterocycles.